The van der Waals surface area contributed by atoms with Gasteiger partial charge in [-0.05, 0) is 23.8 Å². The van der Waals surface area contributed by atoms with Gasteiger partial charge in [-0.25, -0.2) is 4.98 Å². The van der Waals surface area contributed by atoms with Gasteiger partial charge < -0.3 is 14.5 Å². The maximum absolute atomic E-state index is 13.6. The van der Waals surface area contributed by atoms with Crippen molar-refractivity contribution < 1.29 is 9.69 Å². The first-order chi connectivity index (χ1) is 16.0. The predicted octanol–water partition coefficient (Wildman–Crippen LogP) is 2.98. The number of nitrogens with zero attached hydrogens (tertiary/aromatic N) is 2. The van der Waals surface area contributed by atoms with Crippen molar-refractivity contribution in [3.63, 3.8) is 0 Å². The molecule has 0 saturated heterocycles. The number of fused-ring (bicyclic) bond motifs is 2. The fourth-order valence-electron chi connectivity index (χ4n) is 4.54. The highest BCUT2D eigenvalue weighted by molar-refractivity contribution is 6.14. The number of quaternary nitrogens is 1. The van der Waals surface area contributed by atoms with Crippen LogP contribution in [-0.2, 0) is 13.6 Å². The second-order valence-corrected chi connectivity index (χ2v) is 8.43. The van der Waals surface area contributed by atoms with E-state index in [1.54, 1.807) is 6.07 Å². The lowest BCUT2D eigenvalue weighted by atomic mass is 10.0. The standard InChI is InChI=1S/C27H24N4O2/c1-30(17-24-28-21-14-8-6-12-19(21)27(33)29-24)16-23(32)25-20-13-7-9-15-22(20)31(2)26(25)18-10-4-3-5-11-18/h3-15H,16-17H2,1-2H3,(H,28,29,33)/p+1. The molecular formula is C27H25N4O2+. The first-order valence-corrected chi connectivity index (χ1v) is 11.0. The van der Waals surface area contributed by atoms with Crippen LogP contribution in [0.5, 0.6) is 0 Å². The number of aryl methyl sites for hydroxylation is 1. The van der Waals surface area contributed by atoms with E-state index in [4.69, 9.17) is 0 Å². The van der Waals surface area contributed by atoms with Crippen LogP contribution in [0.1, 0.15) is 16.2 Å². The molecule has 0 fully saturated rings. The Balaban J connectivity index is 1.48. The lowest BCUT2D eigenvalue weighted by Crippen LogP contribution is -3.08. The Morgan fingerprint density at radius 3 is 2.39 bits per heavy atom. The highest BCUT2D eigenvalue weighted by atomic mass is 16.1. The molecule has 3 aromatic carbocycles. The number of aromatic amines is 1. The maximum Gasteiger partial charge on any atom is 0.258 e. The topological polar surface area (TPSA) is 72.2 Å². The zero-order chi connectivity index (χ0) is 22.9. The van der Waals surface area contributed by atoms with Crippen molar-refractivity contribution >= 4 is 27.6 Å². The van der Waals surface area contributed by atoms with Crippen LogP contribution < -0.4 is 10.5 Å². The van der Waals surface area contributed by atoms with Gasteiger partial charge in [0.25, 0.3) is 5.56 Å². The molecular weight excluding hydrogens is 412 g/mol. The summed E-state index contributed by atoms with van der Waals surface area (Å²) in [5, 5.41) is 1.52. The summed E-state index contributed by atoms with van der Waals surface area (Å²) in [6.45, 7) is 0.724. The Labute approximate surface area is 191 Å². The molecule has 1 unspecified atom stereocenters. The van der Waals surface area contributed by atoms with E-state index in [0.717, 1.165) is 32.6 Å². The largest absolute Gasteiger partial charge is 0.343 e. The summed E-state index contributed by atoms with van der Waals surface area (Å²) < 4.78 is 2.09. The molecule has 1 atom stereocenters. The predicted molar refractivity (Wildman–Crippen MR) is 131 cm³/mol. The minimum Gasteiger partial charge on any atom is -0.343 e. The summed E-state index contributed by atoms with van der Waals surface area (Å²) in [5.74, 6) is 0.636. The van der Waals surface area contributed by atoms with Crippen LogP contribution in [0.3, 0.4) is 0 Å². The minimum atomic E-state index is -0.157. The van der Waals surface area contributed by atoms with E-state index in [2.05, 4.69) is 14.5 Å². The normalized spacial score (nSPS) is 12.3. The van der Waals surface area contributed by atoms with Crippen LogP contribution in [0.4, 0.5) is 0 Å². The zero-order valence-corrected chi connectivity index (χ0v) is 18.6. The van der Waals surface area contributed by atoms with E-state index in [1.165, 1.54) is 0 Å². The average molecular weight is 438 g/mol. The Hall–Kier alpha value is -4.03. The van der Waals surface area contributed by atoms with Crippen molar-refractivity contribution in [3.8, 4) is 11.3 Å². The summed E-state index contributed by atoms with van der Waals surface area (Å²) in [4.78, 5) is 34.4. The second kappa shape index (κ2) is 8.48. The number of rotatable bonds is 6. The number of aromatic nitrogens is 3. The van der Waals surface area contributed by atoms with Gasteiger partial charge in [-0.1, -0.05) is 60.7 Å². The number of para-hydroxylation sites is 2. The maximum atomic E-state index is 13.6. The molecule has 0 aliphatic heterocycles. The lowest BCUT2D eigenvalue weighted by Gasteiger charge is -2.14. The molecule has 2 aromatic heterocycles. The zero-order valence-electron chi connectivity index (χ0n) is 18.6. The molecule has 5 rings (SSSR count). The minimum absolute atomic E-state index is 0.0614. The molecule has 6 nitrogen and oxygen atoms in total. The summed E-state index contributed by atoms with van der Waals surface area (Å²) in [6, 6.07) is 25.3. The van der Waals surface area contributed by atoms with E-state index in [-0.39, 0.29) is 17.9 Å². The molecule has 164 valence electrons. The molecule has 0 aliphatic carbocycles. The molecule has 2 N–H and O–H groups in total. The van der Waals surface area contributed by atoms with Crippen LogP contribution in [0.2, 0.25) is 0 Å². The SMILES string of the molecule is Cn1c(-c2ccccc2)c(C(=O)C[NH+](C)Cc2nc3ccccc3c(=O)[nH]2)c2ccccc21. The smallest absolute Gasteiger partial charge is 0.258 e. The van der Waals surface area contributed by atoms with Gasteiger partial charge in [-0.15, -0.1) is 0 Å². The molecule has 0 spiro atoms. The van der Waals surface area contributed by atoms with Gasteiger partial charge >= 0.3 is 0 Å². The van der Waals surface area contributed by atoms with Crippen LogP contribution in [-0.4, -0.2) is 33.9 Å². The van der Waals surface area contributed by atoms with Gasteiger partial charge in [0.15, 0.2) is 5.82 Å². The third-order valence-corrected chi connectivity index (χ3v) is 6.03. The molecule has 0 aliphatic rings. The number of Topliss-reactive ketones (excluding diaryl/α,β-unsaturated/α-hetero) is 1. The number of H-pyrrole nitrogens is 1. The molecule has 2 heterocycles. The first-order valence-electron chi connectivity index (χ1n) is 11.0. The number of hydrogen-bond acceptors (Lipinski definition) is 3. The molecule has 0 saturated carbocycles. The van der Waals surface area contributed by atoms with Gasteiger partial charge in [-0.3, -0.25) is 9.59 Å². The number of carbonyl (C=O) groups is 1. The third kappa shape index (κ3) is 3.85. The summed E-state index contributed by atoms with van der Waals surface area (Å²) >= 11 is 0. The Kier molecular flexibility index (Phi) is 5.36. The monoisotopic (exact) mass is 437 g/mol. The van der Waals surface area contributed by atoms with Crippen molar-refractivity contribution in [2.75, 3.05) is 13.6 Å². The number of likely N-dealkylation sites (N-methyl/N-ethyl adjacent to an activating group) is 1. The van der Waals surface area contributed by atoms with E-state index >= 15 is 0 Å². The highest BCUT2D eigenvalue weighted by Gasteiger charge is 2.24. The van der Waals surface area contributed by atoms with E-state index in [0.29, 0.717) is 23.3 Å². The van der Waals surface area contributed by atoms with Crippen LogP contribution in [0, 0.1) is 0 Å². The number of ketones is 1. The number of hydrogen-bond donors (Lipinski definition) is 2. The molecule has 6 heteroatoms. The van der Waals surface area contributed by atoms with E-state index < -0.39 is 0 Å². The third-order valence-electron chi connectivity index (χ3n) is 6.03. The molecule has 0 radical (unpaired) electrons. The number of benzene rings is 3. The fourth-order valence-corrected chi connectivity index (χ4v) is 4.54. The quantitative estimate of drug-likeness (QED) is 0.401. The average Bonchev–Trinajstić information content (AvgIpc) is 3.12. The highest BCUT2D eigenvalue weighted by Crippen LogP contribution is 2.33. The lowest BCUT2D eigenvalue weighted by molar-refractivity contribution is -0.885. The van der Waals surface area contributed by atoms with Gasteiger partial charge in [0.1, 0.15) is 13.1 Å². The van der Waals surface area contributed by atoms with Crippen molar-refractivity contribution in [1.29, 1.82) is 0 Å². The van der Waals surface area contributed by atoms with Gasteiger partial charge in [-0.2, -0.15) is 0 Å². The van der Waals surface area contributed by atoms with Crippen molar-refractivity contribution in [2.45, 2.75) is 6.54 Å². The second-order valence-electron chi connectivity index (χ2n) is 8.43. The van der Waals surface area contributed by atoms with Gasteiger partial charge in [0.2, 0.25) is 5.78 Å². The first kappa shape index (κ1) is 20.8. The summed E-state index contributed by atoms with van der Waals surface area (Å²) in [7, 11) is 3.95. The van der Waals surface area contributed by atoms with Crippen LogP contribution in [0.25, 0.3) is 33.1 Å². The Morgan fingerprint density at radius 2 is 1.61 bits per heavy atom. The van der Waals surface area contributed by atoms with Gasteiger partial charge in [0.05, 0.1) is 29.2 Å². The number of carbonyl (C=O) groups excluding carboxylic acids is 1. The molecule has 33 heavy (non-hydrogen) atoms. The van der Waals surface area contributed by atoms with Crippen LogP contribution in [0.15, 0.2) is 83.7 Å². The number of nitrogens with one attached hydrogen (secondary N) is 2. The van der Waals surface area contributed by atoms with Crippen molar-refractivity contribution in [3.05, 3.63) is 101 Å². The van der Waals surface area contributed by atoms with Crippen LogP contribution >= 0.6 is 0 Å². The Bertz CT molecular complexity index is 1530. The van der Waals surface area contributed by atoms with Crippen molar-refractivity contribution in [1.82, 2.24) is 14.5 Å². The van der Waals surface area contributed by atoms with Gasteiger partial charge in [0, 0.05) is 18.0 Å². The molecule has 0 bridgehead atoms. The molecule has 5 aromatic rings. The molecule has 0 amide bonds. The summed E-state index contributed by atoms with van der Waals surface area (Å²) in [5.41, 5.74) is 4.20. The van der Waals surface area contributed by atoms with E-state index in [9.17, 15) is 9.59 Å². The summed E-state index contributed by atoms with van der Waals surface area (Å²) in [6.07, 6.45) is 0. The Morgan fingerprint density at radius 1 is 0.939 bits per heavy atom. The van der Waals surface area contributed by atoms with E-state index in [1.807, 2.05) is 86.9 Å². The fraction of sp³-hybridized carbons (Fsp3) is 0.148. The van der Waals surface area contributed by atoms with Crippen molar-refractivity contribution in [2.24, 2.45) is 7.05 Å².